The lowest BCUT2D eigenvalue weighted by atomic mass is 10.3. The molecule has 0 aliphatic rings. The third kappa shape index (κ3) is 1.75. The minimum absolute atomic E-state index is 0.625. The molecule has 3 rings (SSSR count). The van der Waals surface area contributed by atoms with Crippen LogP contribution in [-0.2, 0) is 7.05 Å². The maximum atomic E-state index is 5.34. The molecule has 0 radical (unpaired) electrons. The van der Waals surface area contributed by atoms with Gasteiger partial charge in [0.05, 0.1) is 12.6 Å². The smallest absolute Gasteiger partial charge is 0.256 e. The summed E-state index contributed by atoms with van der Waals surface area (Å²) in [6.45, 7) is 0. The fourth-order valence-electron chi connectivity index (χ4n) is 1.96. The molecule has 2 heterocycles. The van der Waals surface area contributed by atoms with E-state index in [2.05, 4.69) is 20.5 Å². The summed E-state index contributed by atoms with van der Waals surface area (Å²) in [5.74, 6) is 1.36. The summed E-state index contributed by atoms with van der Waals surface area (Å²) in [4.78, 5) is 4.59. The standard InChI is InChI=1S/C11H12N6OS/c1-16-10(13-14-15-16)17-7-5-4-6-8(18-2)9(7)12-11(17)19-3/h4-6H,1-3H3. The molecule has 0 N–H and O–H groups in total. The van der Waals surface area contributed by atoms with Crippen LogP contribution in [0.2, 0.25) is 0 Å². The van der Waals surface area contributed by atoms with Gasteiger partial charge in [0.2, 0.25) is 0 Å². The lowest BCUT2D eigenvalue weighted by molar-refractivity contribution is 0.419. The van der Waals surface area contributed by atoms with Crippen molar-refractivity contribution in [2.75, 3.05) is 13.4 Å². The lowest BCUT2D eigenvalue weighted by Crippen LogP contribution is -2.05. The van der Waals surface area contributed by atoms with Gasteiger partial charge in [-0.1, -0.05) is 22.9 Å². The Labute approximate surface area is 113 Å². The Morgan fingerprint density at radius 1 is 1.32 bits per heavy atom. The summed E-state index contributed by atoms with van der Waals surface area (Å²) in [5.41, 5.74) is 1.72. The van der Waals surface area contributed by atoms with Gasteiger partial charge in [-0.05, 0) is 28.8 Å². The number of imidazole rings is 1. The molecule has 0 amide bonds. The van der Waals surface area contributed by atoms with Crippen LogP contribution >= 0.6 is 11.8 Å². The van der Waals surface area contributed by atoms with E-state index in [9.17, 15) is 0 Å². The molecule has 0 saturated carbocycles. The van der Waals surface area contributed by atoms with Crippen molar-refractivity contribution in [1.82, 2.24) is 29.8 Å². The number of benzene rings is 1. The second kappa shape index (κ2) is 4.54. The number of nitrogens with zero attached hydrogens (tertiary/aromatic N) is 6. The topological polar surface area (TPSA) is 70.7 Å². The molecule has 0 saturated heterocycles. The number of tetrazole rings is 1. The van der Waals surface area contributed by atoms with Crippen molar-refractivity contribution in [2.24, 2.45) is 7.05 Å². The van der Waals surface area contributed by atoms with E-state index in [0.717, 1.165) is 21.9 Å². The van der Waals surface area contributed by atoms with E-state index in [-0.39, 0.29) is 0 Å². The number of fused-ring (bicyclic) bond motifs is 1. The van der Waals surface area contributed by atoms with E-state index < -0.39 is 0 Å². The number of para-hydroxylation sites is 1. The minimum atomic E-state index is 0.625. The van der Waals surface area contributed by atoms with Crippen molar-refractivity contribution < 1.29 is 4.74 Å². The summed E-state index contributed by atoms with van der Waals surface area (Å²) in [6.07, 6.45) is 1.97. The van der Waals surface area contributed by atoms with Gasteiger partial charge < -0.3 is 4.74 Å². The third-order valence-corrected chi connectivity index (χ3v) is 3.46. The summed E-state index contributed by atoms with van der Waals surface area (Å²) in [5, 5.41) is 12.4. The number of hydrogen-bond acceptors (Lipinski definition) is 6. The largest absolute Gasteiger partial charge is 0.494 e. The van der Waals surface area contributed by atoms with E-state index in [1.807, 2.05) is 29.0 Å². The number of hydrogen-bond donors (Lipinski definition) is 0. The number of ether oxygens (including phenoxy) is 1. The van der Waals surface area contributed by atoms with E-state index in [1.54, 1.807) is 18.8 Å². The molecule has 19 heavy (non-hydrogen) atoms. The van der Waals surface area contributed by atoms with E-state index in [4.69, 9.17) is 4.74 Å². The molecule has 0 atom stereocenters. The summed E-state index contributed by atoms with van der Waals surface area (Å²) in [7, 11) is 3.43. The third-order valence-electron chi connectivity index (χ3n) is 2.82. The van der Waals surface area contributed by atoms with E-state index in [1.165, 1.54) is 11.8 Å². The number of rotatable bonds is 3. The van der Waals surface area contributed by atoms with Gasteiger partial charge in [-0.25, -0.2) is 9.67 Å². The zero-order valence-electron chi connectivity index (χ0n) is 10.7. The predicted molar refractivity (Wildman–Crippen MR) is 71.8 cm³/mol. The molecule has 3 aromatic rings. The average Bonchev–Trinajstić information content (AvgIpc) is 3.00. The van der Waals surface area contributed by atoms with Crippen molar-refractivity contribution in [3.63, 3.8) is 0 Å². The molecule has 1 aromatic carbocycles. The summed E-state index contributed by atoms with van der Waals surface area (Å²) < 4.78 is 8.87. The maximum absolute atomic E-state index is 5.34. The van der Waals surface area contributed by atoms with Crippen molar-refractivity contribution in [2.45, 2.75) is 5.16 Å². The normalized spacial score (nSPS) is 11.1. The highest BCUT2D eigenvalue weighted by Crippen LogP contribution is 2.30. The fourth-order valence-corrected chi connectivity index (χ4v) is 2.51. The molecule has 0 aliphatic heterocycles. The molecule has 98 valence electrons. The molecule has 2 aromatic heterocycles. The van der Waals surface area contributed by atoms with Crippen LogP contribution in [0.4, 0.5) is 0 Å². The minimum Gasteiger partial charge on any atom is -0.494 e. The molecule has 0 unspecified atom stereocenters. The van der Waals surface area contributed by atoms with Gasteiger partial charge >= 0.3 is 0 Å². The lowest BCUT2D eigenvalue weighted by Gasteiger charge is -2.05. The first-order chi connectivity index (χ1) is 9.26. The molecule has 0 spiro atoms. The van der Waals surface area contributed by atoms with Crippen molar-refractivity contribution in [1.29, 1.82) is 0 Å². The van der Waals surface area contributed by atoms with Crippen LogP contribution < -0.4 is 4.74 Å². The maximum Gasteiger partial charge on any atom is 0.256 e. The summed E-state index contributed by atoms with van der Waals surface area (Å²) >= 11 is 1.53. The Kier molecular flexibility index (Phi) is 2.86. The Hall–Kier alpha value is -2.09. The van der Waals surface area contributed by atoms with Gasteiger partial charge in [0.15, 0.2) is 5.16 Å². The Bertz CT molecular complexity index is 734. The first-order valence-corrected chi connectivity index (χ1v) is 6.81. The molecule has 0 aliphatic carbocycles. The highest BCUT2D eigenvalue weighted by atomic mass is 32.2. The Morgan fingerprint density at radius 3 is 2.79 bits per heavy atom. The van der Waals surface area contributed by atoms with Gasteiger partial charge in [0, 0.05) is 7.05 Å². The second-order valence-electron chi connectivity index (χ2n) is 3.86. The van der Waals surface area contributed by atoms with Gasteiger partial charge in [0.25, 0.3) is 5.95 Å². The highest BCUT2D eigenvalue weighted by Gasteiger charge is 2.18. The van der Waals surface area contributed by atoms with Gasteiger partial charge in [-0.3, -0.25) is 4.57 Å². The average molecular weight is 276 g/mol. The van der Waals surface area contributed by atoms with Crippen molar-refractivity contribution >= 4 is 22.8 Å². The van der Waals surface area contributed by atoms with Crippen LogP contribution in [0.5, 0.6) is 5.75 Å². The molecule has 0 bridgehead atoms. The Morgan fingerprint density at radius 2 is 2.16 bits per heavy atom. The fraction of sp³-hybridized carbons (Fsp3) is 0.273. The number of aromatic nitrogens is 6. The SMILES string of the molecule is COc1cccc2c1nc(SC)n2-c1nnnn1C. The monoisotopic (exact) mass is 276 g/mol. The van der Waals surface area contributed by atoms with Crippen LogP contribution in [-0.4, -0.2) is 43.1 Å². The zero-order chi connectivity index (χ0) is 13.4. The van der Waals surface area contributed by atoms with E-state index in [0.29, 0.717) is 5.95 Å². The van der Waals surface area contributed by atoms with Crippen LogP contribution in [0, 0.1) is 0 Å². The first-order valence-electron chi connectivity index (χ1n) is 5.58. The first kappa shape index (κ1) is 12.0. The predicted octanol–water partition coefficient (Wildman–Crippen LogP) is 1.28. The van der Waals surface area contributed by atoms with E-state index >= 15 is 0 Å². The molecular formula is C11H12N6OS. The van der Waals surface area contributed by atoms with Crippen molar-refractivity contribution in [3.8, 4) is 11.7 Å². The summed E-state index contributed by atoms with van der Waals surface area (Å²) in [6, 6.07) is 5.78. The van der Waals surface area contributed by atoms with Crippen LogP contribution in [0.25, 0.3) is 17.0 Å². The number of aryl methyl sites for hydroxylation is 1. The highest BCUT2D eigenvalue weighted by molar-refractivity contribution is 7.98. The van der Waals surface area contributed by atoms with Gasteiger partial charge in [-0.2, -0.15) is 0 Å². The molecular weight excluding hydrogens is 264 g/mol. The quantitative estimate of drug-likeness (QED) is 0.671. The number of thioether (sulfide) groups is 1. The number of methoxy groups -OCH3 is 1. The Balaban J connectivity index is 2.37. The van der Waals surface area contributed by atoms with Crippen molar-refractivity contribution in [3.05, 3.63) is 18.2 Å². The zero-order valence-corrected chi connectivity index (χ0v) is 11.5. The second-order valence-corrected chi connectivity index (χ2v) is 4.64. The molecule has 7 nitrogen and oxygen atoms in total. The molecule has 8 heteroatoms. The van der Waals surface area contributed by atoms with Crippen LogP contribution in [0.15, 0.2) is 23.4 Å². The van der Waals surface area contributed by atoms with Crippen LogP contribution in [0.1, 0.15) is 0 Å². The van der Waals surface area contributed by atoms with Gasteiger partial charge in [-0.15, -0.1) is 0 Å². The van der Waals surface area contributed by atoms with Crippen LogP contribution in [0.3, 0.4) is 0 Å². The van der Waals surface area contributed by atoms with Gasteiger partial charge in [0.1, 0.15) is 11.3 Å². The molecule has 0 fully saturated rings.